The quantitative estimate of drug-likeness (QED) is 0.624. The van der Waals surface area contributed by atoms with Crippen LogP contribution in [0, 0.1) is 0 Å². The second-order valence-electron chi connectivity index (χ2n) is 8.50. The first-order valence-electron chi connectivity index (χ1n) is 11.1. The minimum absolute atomic E-state index is 0.541. The summed E-state index contributed by atoms with van der Waals surface area (Å²) in [7, 11) is 0. The van der Waals surface area contributed by atoms with E-state index in [-0.39, 0.29) is 0 Å². The molecule has 0 saturated carbocycles. The fourth-order valence-electron chi connectivity index (χ4n) is 4.27. The molecular weight excluding hydrogens is 374 g/mol. The molecular formula is C25H35N3O2. The number of aliphatic carboxylic acids is 1. The van der Waals surface area contributed by atoms with Crippen molar-refractivity contribution in [2.24, 2.45) is 5.73 Å². The van der Waals surface area contributed by atoms with Crippen molar-refractivity contribution in [1.29, 1.82) is 0 Å². The monoisotopic (exact) mass is 409 g/mol. The van der Waals surface area contributed by atoms with Crippen molar-refractivity contribution in [3.63, 3.8) is 0 Å². The third-order valence-corrected chi connectivity index (χ3v) is 6.15. The van der Waals surface area contributed by atoms with Gasteiger partial charge in [-0.3, -0.25) is 9.69 Å². The number of nitrogens with two attached hydrogens (primary N) is 1. The predicted molar refractivity (Wildman–Crippen MR) is 122 cm³/mol. The summed E-state index contributed by atoms with van der Waals surface area (Å²) >= 11 is 0. The second-order valence-corrected chi connectivity index (χ2v) is 8.50. The molecule has 0 radical (unpaired) electrons. The van der Waals surface area contributed by atoms with Crippen LogP contribution >= 0.6 is 0 Å². The third-order valence-electron chi connectivity index (χ3n) is 6.15. The highest BCUT2D eigenvalue weighted by Crippen LogP contribution is 2.21. The molecule has 1 saturated heterocycles. The van der Waals surface area contributed by atoms with Crippen molar-refractivity contribution in [3.8, 4) is 11.1 Å². The van der Waals surface area contributed by atoms with Crippen molar-refractivity contribution < 1.29 is 9.90 Å². The van der Waals surface area contributed by atoms with E-state index in [0.717, 1.165) is 52.1 Å². The van der Waals surface area contributed by atoms with E-state index in [1.54, 1.807) is 0 Å². The lowest BCUT2D eigenvalue weighted by Gasteiger charge is -2.35. The molecule has 3 rings (SSSR count). The van der Waals surface area contributed by atoms with Gasteiger partial charge in [-0.05, 0) is 42.5 Å². The Labute approximate surface area is 180 Å². The first-order valence-corrected chi connectivity index (χ1v) is 11.1. The summed E-state index contributed by atoms with van der Waals surface area (Å²) in [6.07, 6.45) is 2.72. The standard InChI is InChI=1S/C25H35N3O2/c1-2-13-25(26,24(29)30)14-6-15-27-16-18-28(19-17-27)20-21-9-11-23(12-10-21)22-7-4-3-5-8-22/h3-5,7-12H,2,6,13-20,26H2,1H3,(H,29,30). The van der Waals surface area contributed by atoms with Crippen molar-refractivity contribution in [1.82, 2.24) is 9.80 Å². The molecule has 1 aliphatic heterocycles. The maximum atomic E-state index is 11.5. The molecule has 3 N–H and O–H groups in total. The van der Waals surface area contributed by atoms with Crippen LogP contribution in [-0.2, 0) is 11.3 Å². The Morgan fingerprint density at radius 1 is 0.933 bits per heavy atom. The highest BCUT2D eigenvalue weighted by atomic mass is 16.4. The molecule has 0 aliphatic carbocycles. The van der Waals surface area contributed by atoms with Crippen molar-refractivity contribution in [2.45, 2.75) is 44.7 Å². The van der Waals surface area contributed by atoms with Gasteiger partial charge in [-0.15, -0.1) is 0 Å². The Morgan fingerprint density at radius 2 is 1.53 bits per heavy atom. The first-order chi connectivity index (χ1) is 14.5. The Morgan fingerprint density at radius 3 is 2.13 bits per heavy atom. The fraction of sp³-hybridized carbons (Fsp3) is 0.480. The summed E-state index contributed by atoms with van der Waals surface area (Å²) in [5.41, 5.74) is 8.88. The van der Waals surface area contributed by atoms with Crippen LogP contribution < -0.4 is 5.73 Å². The van der Waals surface area contributed by atoms with Crippen LogP contribution in [0.3, 0.4) is 0 Å². The van der Waals surface area contributed by atoms with Crippen LogP contribution in [0.15, 0.2) is 54.6 Å². The Balaban J connectivity index is 1.41. The van der Waals surface area contributed by atoms with Crippen LogP contribution in [-0.4, -0.2) is 59.1 Å². The Bertz CT molecular complexity index is 786. The zero-order chi connectivity index (χ0) is 21.4. The number of benzene rings is 2. The van der Waals surface area contributed by atoms with Crippen LogP contribution in [0.5, 0.6) is 0 Å². The molecule has 0 aromatic heterocycles. The van der Waals surface area contributed by atoms with Gasteiger partial charge in [0.25, 0.3) is 0 Å². The number of carboxylic acids is 1. The lowest BCUT2D eigenvalue weighted by atomic mass is 9.89. The zero-order valence-electron chi connectivity index (χ0n) is 18.1. The molecule has 5 heteroatoms. The molecule has 2 aromatic rings. The molecule has 1 unspecified atom stereocenters. The van der Waals surface area contributed by atoms with E-state index in [1.165, 1.54) is 16.7 Å². The lowest BCUT2D eigenvalue weighted by Crippen LogP contribution is -2.49. The van der Waals surface area contributed by atoms with Gasteiger partial charge in [0, 0.05) is 32.7 Å². The molecule has 1 fully saturated rings. The van der Waals surface area contributed by atoms with E-state index in [0.29, 0.717) is 12.8 Å². The average molecular weight is 410 g/mol. The second kappa shape index (κ2) is 10.7. The first kappa shape index (κ1) is 22.5. The van der Waals surface area contributed by atoms with Gasteiger partial charge in [0.1, 0.15) is 5.54 Å². The molecule has 5 nitrogen and oxygen atoms in total. The minimum Gasteiger partial charge on any atom is -0.480 e. The molecule has 2 aromatic carbocycles. The summed E-state index contributed by atoms with van der Waals surface area (Å²) in [6.45, 7) is 8.03. The SMILES string of the molecule is CCCC(N)(CCCN1CCN(Cc2ccc(-c3ccccc3)cc2)CC1)C(=O)O. The summed E-state index contributed by atoms with van der Waals surface area (Å²) in [4.78, 5) is 16.4. The van der Waals surface area contributed by atoms with Gasteiger partial charge in [0.15, 0.2) is 0 Å². The number of piperazine rings is 1. The van der Waals surface area contributed by atoms with Gasteiger partial charge in [-0.2, -0.15) is 0 Å². The Hall–Kier alpha value is -2.21. The number of carbonyl (C=O) groups is 1. The van der Waals surface area contributed by atoms with E-state index in [9.17, 15) is 9.90 Å². The highest BCUT2D eigenvalue weighted by Gasteiger charge is 2.32. The van der Waals surface area contributed by atoms with Gasteiger partial charge in [-0.25, -0.2) is 0 Å². The van der Waals surface area contributed by atoms with Gasteiger partial charge in [0.05, 0.1) is 0 Å². The largest absolute Gasteiger partial charge is 0.480 e. The molecule has 0 spiro atoms. The van der Waals surface area contributed by atoms with E-state index in [2.05, 4.69) is 58.3 Å². The molecule has 162 valence electrons. The molecule has 1 heterocycles. The smallest absolute Gasteiger partial charge is 0.323 e. The van der Waals surface area contributed by atoms with Gasteiger partial charge < -0.3 is 15.7 Å². The number of rotatable bonds is 10. The third kappa shape index (κ3) is 6.14. The molecule has 1 aliphatic rings. The topological polar surface area (TPSA) is 69.8 Å². The van der Waals surface area contributed by atoms with E-state index in [1.807, 2.05) is 13.0 Å². The van der Waals surface area contributed by atoms with E-state index < -0.39 is 11.5 Å². The predicted octanol–water partition coefficient (Wildman–Crippen LogP) is 3.83. The minimum atomic E-state index is -1.07. The van der Waals surface area contributed by atoms with Crippen LogP contribution in [0.2, 0.25) is 0 Å². The van der Waals surface area contributed by atoms with E-state index >= 15 is 0 Å². The van der Waals surface area contributed by atoms with Crippen molar-refractivity contribution >= 4 is 5.97 Å². The molecule has 30 heavy (non-hydrogen) atoms. The average Bonchev–Trinajstić information content (AvgIpc) is 2.76. The summed E-state index contributed by atoms with van der Waals surface area (Å²) in [5.74, 6) is -0.868. The number of nitrogens with zero attached hydrogens (tertiary/aromatic N) is 2. The van der Waals surface area contributed by atoms with Crippen LogP contribution in [0.25, 0.3) is 11.1 Å². The van der Waals surface area contributed by atoms with Crippen molar-refractivity contribution in [2.75, 3.05) is 32.7 Å². The van der Waals surface area contributed by atoms with Crippen LogP contribution in [0.1, 0.15) is 38.2 Å². The number of carboxylic acid groups (broad SMARTS) is 1. The molecule has 1 atom stereocenters. The van der Waals surface area contributed by atoms with Gasteiger partial charge in [-0.1, -0.05) is 67.9 Å². The normalized spacial score (nSPS) is 17.5. The maximum absolute atomic E-state index is 11.5. The van der Waals surface area contributed by atoms with Gasteiger partial charge >= 0.3 is 5.97 Å². The summed E-state index contributed by atoms with van der Waals surface area (Å²) in [5, 5.41) is 9.41. The fourth-order valence-corrected chi connectivity index (χ4v) is 4.27. The van der Waals surface area contributed by atoms with E-state index in [4.69, 9.17) is 5.73 Å². The summed E-state index contributed by atoms with van der Waals surface area (Å²) < 4.78 is 0. The highest BCUT2D eigenvalue weighted by molar-refractivity contribution is 5.78. The Kier molecular flexibility index (Phi) is 8.02. The lowest BCUT2D eigenvalue weighted by molar-refractivity contribution is -0.144. The number of hydrogen-bond acceptors (Lipinski definition) is 4. The van der Waals surface area contributed by atoms with Crippen LogP contribution in [0.4, 0.5) is 0 Å². The van der Waals surface area contributed by atoms with Gasteiger partial charge in [0.2, 0.25) is 0 Å². The van der Waals surface area contributed by atoms with Crippen molar-refractivity contribution in [3.05, 3.63) is 60.2 Å². The number of hydrogen-bond donors (Lipinski definition) is 2. The summed E-state index contributed by atoms with van der Waals surface area (Å²) in [6, 6.07) is 19.3. The maximum Gasteiger partial charge on any atom is 0.323 e. The molecule has 0 amide bonds. The molecule has 0 bridgehead atoms. The zero-order valence-corrected chi connectivity index (χ0v) is 18.1.